The summed E-state index contributed by atoms with van der Waals surface area (Å²) in [5.41, 5.74) is 8.60. The molecule has 0 bridgehead atoms. The lowest BCUT2D eigenvalue weighted by Gasteiger charge is -2.28. The molecule has 5 unspecified atom stereocenters. The number of hydrogen-bond acceptors (Lipinski definition) is 6. The Bertz CT molecular complexity index is 1400. The minimum Gasteiger partial charge on any atom is -0.508 e. The first-order chi connectivity index (χ1) is 20.4. The molecular weight excluding hydrogens is 550 g/mol. The zero-order valence-corrected chi connectivity index (χ0v) is 25.1. The molecule has 3 aromatic rings. The summed E-state index contributed by atoms with van der Waals surface area (Å²) in [6, 6.07) is 9.71. The highest BCUT2D eigenvalue weighted by atomic mass is 16.4. The van der Waals surface area contributed by atoms with Gasteiger partial charge in [-0.15, -0.1) is 0 Å². The highest BCUT2D eigenvalue weighted by Crippen LogP contribution is 2.20. The Balaban J connectivity index is 1.84. The van der Waals surface area contributed by atoms with Crippen LogP contribution in [0.15, 0.2) is 54.7 Å². The van der Waals surface area contributed by atoms with E-state index in [9.17, 15) is 29.4 Å². The van der Waals surface area contributed by atoms with E-state index in [0.717, 1.165) is 22.0 Å². The van der Waals surface area contributed by atoms with Crippen LogP contribution in [0.4, 0.5) is 0 Å². The van der Waals surface area contributed by atoms with Gasteiger partial charge in [0.2, 0.25) is 17.7 Å². The number of aromatic amines is 1. The molecule has 0 fully saturated rings. The van der Waals surface area contributed by atoms with E-state index in [4.69, 9.17) is 5.73 Å². The van der Waals surface area contributed by atoms with Crippen LogP contribution in [0.25, 0.3) is 10.9 Å². The average Bonchev–Trinajstić information content (AvgIpc) is 3.38. The molecule has 0 aliphatic heterocycles. The SMILES string of the molecule is CCC(C)C(NC(=O)C(Cc1c[nH]c2ccccc12)NC(=O)C(N)Cc1ccc(O)cc1)C(=O)NC(CC(C)C)C(=O)O. The molecule has 43 heavy (non-hydrogen) atoms. The number of aromatic nitrogens is 1. The fourth-order valence-corrected chi connectivity index (χ4v) is 4.90. The van der Waals surface area contributed by atoms with Gasteiger partial charge in [-0.05, 0) is 54.0 Å². The summed E-state index contributed by atoms with van der Waals surface area (Å²) in [5.74, 6) is -3.10. The van der Waals surface area contributed by atoms with E-state index in [-0.39, 0.29) is 36.8 Å². The van der Waals surface area contributed by atoms with Gasteiger partial charge in [-0.2, -0.15) is 0 Å². The summed E-state index contributed by atoms with van der Waals surface area (Å²) in [7, 11) is 0. The number of H-pyrrole nitrogens is 1. The molecule has 0 radical (unpaired) electrons. The molecule has 3 amide bonds. The summed E-state index contributed by atoms with van der Waals surface area (Å²) in [6.07, 6.45) is 2.85. The number of phenols is 1. The lowest BCUT2D eigenvalue weighted by atomic mass is 9.96. The number of carboxylic acid groups (broad SMARTS) is 1. The topological polar surface area (TPSA) is 187 Å². The molecule has 1 aromatic heterocycles. The van der Waals surface area contributed by atoms with Gasteiger partial charge in [0.1, 0.15) is 23.9 Å². The maximum absolute atomic E-state index is 13.8. The molecule has 2 aromatic carbocycles. The zero-order valence-electron chi connectivity index (χ0n) is 25.1. The summed E-state index contributed by atoms with van der Waals surface area (Å²) in [5, 5.41) is 28.2. The highest BCUT2D eigenvalue weighted by molar-refractivity contribution is 5.95. The highest BCUT2D eigenvalue weighted by Gasteiger charge is 2.33. The van der Waals surface area contributed by atoms with Gasteiger partial charge in [0.25, 0.3) is 0 Å². The van der Waals surface area contributed by atoms with Crippen LogP contribution in [0.5, 0.6) is 5.75 Å². The third-order valence-corrected chi connectivity index (χ3v) is 7.58. The van der Waals surface area contributed by atoms with E-state index in [0.29, 0.717) is 6.42 Å². The van der Waals surface area contributed by atoms with Crippen LogP contribution in [0.1, 0.15) is 51.7 Å². The first-order valence-corrected chi connectivity index (χ1v) is 14.6. The number of hydrogen-bond donors (Lipinski definition) is 7. The Kier molecular flexibility index (Phi) is 11.7. The quantitative estimate of drug-likeness (QED) is 0.141. The molecule has 0 aliphatic carbocycles. The maximum Gasteiger partial charge on any atom is 0.326 e. The predicted molar refractivity (Wildman–Crippen MR) is 164 cm³/mol. The third kappa shape index (κ3) is 9.31. The third-order valence-electron chi connectivity index (χ3n) is 7.58. The molecule has 5 atom stereocenters. The van der Waals surface area contributed by atoms with Crippen molar-refractivity contribution in [2.45, 2.75) is 77.5 Å². The van der Waals surface area contributed by atoms with Crippen LogP contribution in [0.2, 0.25) is 0 Å². The van der Waals surface area contributed by atoms with Crippen molar-refractivity contribution in [1.82, 2.24) is 20.9 Å². The van der Waals surface area contributed by atoms with Crippen molar-refractivity contribution in [3.8, 4) is 5.75 Å². The molecule has 11 nitrogen and oxygen atoms in total. The number of carboxylic acids is 1. The normalized spacial score (nSPS) is 14.8. The van der Waals surface area contributed by atoms with Crippen molar-refractivity contribution in [1.29, 1.82) is 0 Å². The van der Waals surface area contributed by atoms with Gasteiger partial charge in [-0.3, -0.25) is 14.4 Å². The molecule has 0 spiro atoms. The van der Waals surface area contributed by atoms with Gasteiger partial charge in [-0.25, -0.2) is 4.79 Å². The van der Waals surface area contributed by atoms with Gasteiger partial charge in [0.15, 0.2) is 0 Å². The lowest BCUT2D eigenvalue weighted by molar-refractivity contribution is -0.143. The number of carbonyl (C=O) groups is 4. The standard InChI is InChI=1S/C32H43N5O6/c1-5-19(4)28(31(41)36-27(32(42)43)14-18(2)3)37-30(40)26(16-21-17-34-25-9-7-6-8-23(21)25)35-29(39)24(33)15-20-10-12-22(38)13-11-20/h6-13,17-19,24,26-28,34,38H,5,14-16,33H2,1-4H3,(H,35,39)(H,36,41)(H,37,40)(H,42,43). The second-order valence-corrected chi connectivity index (χ2v) is 11.5. The van der Waals surface area contributed by atoms with Crippen LogP contribution >= 0.6 is 0 Å². The molecule has 0 aliphatic rings. The Morgan fingerprint density at radius 3 is 2.14 bits per heavy atom. The minimum absolute atomic E-state index is 0.0274. The number of benzene rings is 2. The number of amides is 3. The number of fused-ring (bicyclic) bond motifs is 1. The van der Waals surface area contributed by atoms with Crippen molar-refractivity contribution in [2.75, 3.05) is 0 Å². The zero-order chi connectivity index (χ0) is 31.7. The summed E-state index contributed by atoms with van der Waals surface area (Å²) >= 11 is 0. The van der Waals surface area contributed by atoms with Crippen molar-refractivity contribution >= 4 is 34.6 Å². The van der Waals surface area contributed by atoms with Gasteiger partial charge in [0.05, 0.1) is 6.04 Å². The Hall–Kier alpha value is -4.38. The Morgan fingerprint density at radius 1 is 0.860 bits per heavy atom. The van der Waals surface area contributed by atoms with Gasteiger partial charge < -0.3 is 36.9 Å². The molecule has 11 heteroatoms. The van der Waals surface area contributed by atoms with Crippen LogP contribution < -0.4 is 21.7 Å². The maximum atomic E-state index is 13.8. The molecular formula is C32H43N5O6. The smallest absolute Gasteiger partial charge is 0.326 e. The summed E-state index contributed by atoms with van der Waals surface area (Å²) in [6.45, 7) is 7.39. The van der Waals surface area contributed by atoms with Gasteiger partial charge in [0, 0.05) is 23.5 Å². The number of aromatic hydroxyl groups is 1. The Morgan fingerprint density at radius 2 is 1.51 bits per heavy atom. The van der Waals surface area contributed by atoms with Gasteiger partial charge >= 0.3 is 5.97 Å². The van der Waals surface area contributed by atoms with E-state index in [1.54, 1.807) is 25.3 Å². The van der Waals surface area contributed by atoms with Crippen LogP contribution in [0, 0.1) is 11.8 Å². The molecule has 3 rings (SSSR count). The second-order valence-electron chi connectivity index (χ2n) is 11.5. The van der Waals surface area contributed by atoms with Crippen molar-refractivity contribution in [3.05, 3.63) is 65.9 Å². The minimum atomic E-state index is -1.15. The number of rotatable bonds is 15. The van der Waals surface area contributed by atoms with Crippen molar-refractivity contribution in [3.63, 3.8) is 0 Å². The number of para-hydroxylation sites is 1. The first kappa shape index (κ1) is 33.1. The number of nitrogens with two attached hydrogens (primary N) is 1. The lowest BCUT2D eigenvalue weighted by Crippen LogP contribution is -2.59. The Labute approximate surface area is 251 Å². The van der Waals surface area contributed by atoms with E-state index in [1.807, 2.05) is 45.0 Å². The largest absolute Gasteiger partial charge is 0.508 e. The molecule has 0 saturated heterocycles. The monoisotopic (exact) mass is 593 g/mol. The first-order valence-electron chi connectivity index (χ1n) is 14.6. The number of phenolic OH excluding ortho intramolecular Hbond substituents is 1. The molecule has 232 valence electrons. The van der Waals surface area contributed by atoms with Crippen LogP contribution in [-0.2, 0) is 32.0 Å². The second kappa shape index (κ2) is 15.2. The molecule has 1 heterocycles. The van der Waals surface area contributed by atoms with E-state index < -0.39 is 47.9 Å². The fourth-order valence-electron chi connectivity index (χ4n) is 4.90. The van der Waals surface area contributed by atoms with Gasteiger partial charge in [-0.1, -0.05) is 64.4 Å². The average molecular weight is 594 g/mol. The molecule has 8 N–H and O–H groups in total. The number of carbonyl (C=O) groups excluding carboxylic acids is 3. The van der Waals surface area contributed by atoms with E-state index in [1.165, 1.54) is 12.1 Å². The number of nitrogens with one attached hydrogen (secondary N) is 4. The predicted octanol–water partition coefficient (Wildman–Crippen LogP) is 2.62. The number of aliphatic carboxylic acids is 1. The summed E-state index contributed by atoms with van der Waals surface area (Å²) in [4.78, 5) is 55.3. The molecule has 0 saturated carbocycles. The van der Waals surface area contributed by atoms with Crippen LogP contribution in [0.3, 0.4) is 0 Å². The van der Waals surface area contributed by atoms with Crippen LogP contribution in [-0.4, -0.2) is 63.1 Å². The fraction of sp³-hybridized carbons (Fsp3) is 0.438. The van der Waals surface area contributed by atoms with E-state index >= 15 is 0 Å². The van der Waals surface area contributed by atoms with Crippen molar-refractivity contribution < 1.29 is 29.4 Å². The summed E-state index contributed by atoms with van der Waals surface area (Å²) < 4.78 is 0. The van der Waals surface area contributed by atoms with Crippen molar-refractivity contribution in [2.24, 2.45) is 17.6 Å². The van der Waals surface area contributed by atoms with E-state index in [2.05, 4.69) is 20.9 Å².